The Hall–Kier alpha value is 0.427. The van der Waals surface area contributed by atoms with Crippen molar-refractivity contribution in [3.8, 4) is 0 Å². The molecule has 0 heterocycles. The summed E-state index contributed by atoms with van der Waals surface area (Å²) in [7, 11) is 2.97. The maximum Gasteiger partial charge on any atom is 0.271 e. The summed E-state index contributed by atoms with van der Waals surface area (Å²) in [6, 6.07) is 0. The summed E-state index contributed by atoms with van der Waals surface area (Å²) in [5, 5.41) is 0. The van der Waals surface area contributed by atoms with Crippen LogP contribution in [0.25, 0.3) is 0 Å². The molecule has 0 rings (SSSR count). The molecule has 0 radical (unpaired) electrons. The summed E-state index contributed by atoms with van der Waals surface area (Å²) >= 11 is 0. The largest absolute Gasteiger partial charge is 1.00 e. The van der Waals surface area contributed by atoms with Gasteiger partial charge >= 0.3 is 0 Å². The summed E-state index contributed by atoms with van der Waals surface area (Å²) in [5.74, 6) is 0. The molecule has 0 aliphatic carbocycles. The monoisotopic (exact) mass is 435 g/mol. The van der Waals surface area contributed by atoms with E-state index in [9.17, 15) is 0 Å². The SMILES string of the molecule is CCCCCCCCCCCCCCCCCC(C)(C)[N+]([SiH3])(CCC)OC.[Cl-]. The molecule has 0 aromatic rings. The van der Waals surface area contributed by atoms with Gasteiger partial charge in [0.05, 0.1) is 13.7 Å². The number of hydrogen-bond acceptors (Lipinski definition) is 1. The van der Waals surface area contributed by atoms with Crippen LogP contribution in [0, 0.1) is 0 Å². The Balaban J connectivity index is 0. The smallest absolute Gasteiger partial charge is 0.271 e. The molecule has 1 unspecified atom stereocenters. The van der Waals surface area contributed by atoms with Crippen molar-refractivity contribution in [3.63, 3.8) is 0 Å². The average molecular weight is 436 g/mol. The molecule has 1 atom stereocenters. The lowest BCUT2D eigenvalue weighted by atomic mass is 9.95. The number of hydrogen-bond donors (Lipinski definition) is 0. The molecular weight excluding hydrogens is 382 g/mol. The van der Waals surface area contributed by atoms with Crippen molar-refractivity contribution < 1.29 is 21.6 Å². The van der Waals surface area contributed by atoms with E-state index < -0.39 is 0 Å². The molecule has 2 nitrogen and oxygen atoms in total. The number of hydroxylamine groups is 2. The van der Waals surface area contributed by atoms with Gasteiger partial charge in [-0.05, 0) is 26.7 Å². The van der Waals surface area contributed by atoms with Crippen LogP contribution in [0.15, 0.2) is 0 Å². The van der Waals surface area contributed by atoms with E-state index in [2.05, 4.69) is 27.7 Å². The Morgan fingerprint density at radius 2 is 1.00 bits per heavy atom. The van der Waals surface area contributed by atoms with E-state index in [1.54, 1.807) is 0 Å². The third-order valence-corrected chi connectivity index (χ3v) is 8.75. The first kappa shape index (κ1) is 30.6. The minimum absolute atomic E-state index is 0. The van der Waals surface area contributed by atoms with Gasteiger partial charge in [-0.3, -0.25) is 0 Å². The second-order valence-electron chi connectivity index (χ2n) is 9.52. The lowest BCUT2D eigenvalue weighted by Crippen LogP contribution is -3.00. The fourth-order valence-corrected chi connectivity index (χ4v) is 4.90. The Morgan fingerprint density at radius 1 is 0.643 bits per heavy atom. The zero-order valence-corrected chi connectivity index (χ0v) is 23.2. The Labute approximate surface area is 188 Å². The molecular formula is C24H54ClNOSi. The molecule has 28 heavy (non-hydrogen) atoms. The number of halogens is 1. The molecule has 0 saturated heterocycles. The number of quaternary nitrogens is 1. The number of nitrogens with zero attached hydrogens (tertiary/aromatic N) is 1. The van der Waals surface area contributed by atoms with Gasteiger partial charge in [0.25, 0.3) is 10.4 Å². The van der Waals surface area contributed by atoms with Gasteiger partial charge in [-0.15, -0.1) is 0 Å². The van der Waals surface area contributed by atoms with Crippen LogP contribution in [0.1, 0.15) is 137 Å². The van der Waals surface area contributed by atoms with Gasteiger partial charge in [0.2, 0.25) is 0 Å². The van der Waals surface area contributed by atoms with Crippen molar-refractivity contribution >= 4 is 10.4 Å². The van der Waals surface area contributed by atoms with Crippen LogP contribution in [-0.2, 0) is 4.84 Å². The molecule has 0 aliphatic heterocycles. The van der Waals surface area contributed by atoms with Crippen LogP contribution in [0.5, 0.6) is 0 Å². The maximum atomic E-state index is 5.92. The molecule has 172 valence electrons. The van der Waals surface area contributed by atoms with Gasteiger partial charge < -0.3 is 12.4 Å². The van der Waals surface area contributed by atoms with E-state index in [1.165, 1.54) is 109 Å². The second kappa shape index (κ2) is 19.4. The van der Waals surface area contributed by atoms with Gasteiger partial charge in [0, 0.05) is 6.42 Å². The molecule has 0 bridgehead atoms. The van der Waals surface area contributed by atoms with Crippen LogP contribution in [0.2, 0.25) is 0 Å². The van der Waals surface area contributed by atoms with Crippen LogP contribution in [0.4, 0.5) is 0 Å². The lowest BCUT2D eigenvalue weighted by Gasteiger charge is -2.45. The molecule has 0 aliphatic rings. The van der Waals surface area contributed by atoms with Crippen LogP contribution in [0.3, 0.4) is 0 Å². The zero-order chi connectivity index (χ0) is 20.4. The van der Waals surface area contributed by atoms with Crippen molar-refractivity contribution in [2.75, 3.05) is 13.7 Å². The molecule has 4 heteroatoms. The predicted octanol–water partition coefficient (Wildman–Crippen LogP) is 4.10. The predicted molar refractivity (Wildman–Crippen MR) is 126 cm³/mol. The third-order valence-electron chi connectivity index (χ3n) is 6.73. The highest BCUT2D eigenvalue weighted by molar-refractivity contribution is 5.97. The molecule has 0 amide bonds. The standard InChI is InChI=1S/C24H54NOSi.ClH/c1-6-8-9-10-11-12-13-14-15-16-17-18-19-20-21-22-24(3,4)25(27,26-5)23-7-2;/h6-23H2,1-5,27H3;1H/q+1;/p-1. The van der Waals surface area contributed by atoms with Crippen molar-refractivity contribution in [3.05, 3.63) is 0 Å². The summed E-state index contributed by atoms with van der Waals surface area (Å²) in [6.45, 7) is 10.5. The van der Waals surface area contributed by atoms with Gasteiger partial charge in [0.1, 0.15) is 5.54 Å². The summed E-state index contributed by atoms with van der Waals surface area (Å²) < 4.78 is 0.877. The number of unbranched alkanes of at least 4 members (excludes halogenated alkanes) is 14. The van der Waals surface area contributed by atoms with Crippen LogP contribution in [-0.4, -0.2) is 33.9 Å². The minimum atomic E-state index is 0. The van der Waals surface area contributed by atoms with E-state index in [0.29, 0.717) is 0 Å². The second-order valence-corrected chi connectivity index (χ2v) is 11.0. The summed E-state index contributed by atoms with van der Waals surface area (Å²) in [5.41, 5.74) is 0.271. The molecule has 0 N–H and O–H groups in total. The van der Waals surface area contributed by atoms with Crippen molar-refractivity contribution in [2.24, 2.45) is 0 Å². The average Bonchev–Trinajstić information content (AvgIpc) is 2.64. The number of rotatable bonds is 20. The van der Waals surface area contributed by atoms with Gasteiger partial charge in [-0.1, -0.05) is 104 Å². The van der Waals surface area contributed by atoms with E-state index in [-0.39, 0.29) is 17.9 Å². The highest BCUT2D eigenvalue weighted by Crippen LogP contribution is 2.28. The fourth-order valence-electron chi connectivity index (χ4n) is 4.23. The maximum absolute atomic E-state index is 5.92. The highest BCUT2D eigenvalue weighted by Gasteiger charge is 2.39. The molecule has 0 aromatic heterocycles. The zero-order valence-electron chi connectivity index (χ0n) is 20.5. The summed E-state index contributed by atoms with van der Waals surface area (Å²) in [4.78, 5) is 5.92. The Kier molecular flexibility index (Phi) is 21.2. The van der Waals surface area contributed by atoms with Crippen molar-refractivity contribution in [1.82, 2.24) is 0 Å². The normalized spacial score (nSPS) is 14.0. The first-order chi connectivity index (χ1) is 12.9. The molecule has 0 spiro atoms. The quantitative estimate of drug-likeness (QED) is 0.159. The van der Waals surface area contributed by atoms with E-state index in [4.69, 9.17) is 4.84 Å². The van der Waals surface area contributed by atoms with E-state index in [0.717, 1.165) is 21.3 Å². The van der Waals surface area contributed by atoms with E-state index in [1.807, 2.05) is 7.11 Å². The third kappa shape index (κ3) is 14.4. The van der Waals surface area contributed by atoms with Gasteiger partial charge in [-0.2, -0.15) is 0 Å². The Morgan fingerprint density at radius 3 is 1.32 bits per heavy atom. The summed E-state index contributed by atoms with van der Waals surface area (Å²) in [6.07, 6.45) is 24.1. The molecule has 0 fully saturated rings. The fraction of sp³-hybridized carbons (Fsp3) is 1.00. The molecule has 0 saturated carbocycles. The lowest BCUT2D eigenvalue weighted by molar-refractivity contribution is -1.05. The van der Waals surface area contributed by atoms with Gasteiger partial charge in [0.15, 0.2) is 0 Å². The van der Waals surface area contributed by atoms with E-state index >= 15 is 0 Å². The van der Waals surface area contributed by atoms with Crippen LogP contribution >= 0.6 is 0 Å². The topological polar surface area (TPSA) is 9.23 Å². The van der Waals surface area contributed by atoms with Gasteiger partial charge in [-0.25, -0.2) is 9.15 Å². The minimum Gasteiger partial charge on any atom is -1.00 e. The first-order valence-corrected chi connectivity index (χ1v) is 13.2. The van der Waals surface area contributed by atoms with Crippen molar-refractivity contribution in [2.45, 2.75) is 142 Å². The van der Waals surface area contributed by atoms with Crippen LogP contribution < -0.4 is 12.4 Å². The molecule has 0 aromatic carbocycles. The first-order valence-electron chi connectivity index (χ1n) is 12.3. The Bertz CT molecular complexity index is 328. The highest BCUT2D eigenvalue weighted by atomic mass is 35.5. The van der Waals surface area contributed by atoms with Crippen molar-refractivity contribution in [1.29, 1.82) is 0 Å².